The second-order valence-electron chi connectivity index (χ2n) is 13.5. The summed E-state index contributed by atoms with van der Waals surface area (Å²) in [4.78, 5) is 0. The largest absolute Gasteiger partial charge is 0.508 e. The van der Waals surface area contributed by atoms with E-state index in [-0.39, 0.29) is 51.0 Å². The lowest BCUT2D eigenvalue weighted by molar-refractivity contribution is -0.277. The highest BCUT2D eigenvalue weighted by Crippen LogP contribution is 2.48. The zero-order chi connectivity index (χ0) is 39.8. The minimum atomic E-state index is -1.77. The Hall–Kier alpha value is -5.24. The van der Waals surface area contributed by atoms with Crippen LogP contribution in [0.15, 0.2) is 83.3 Å². The van der Waals surface area contributed by atoms with Gasteiger partial charge in [0.25, 0.3) is 0 Å². The maximum atomic E-state index is 10.9. The van der Waals surface area contributed by atoms with Gasteiger partial charge < -0.3 is 79.5 Å². The molecular weight excluding hydrogens is 736 g/mol. The van der Waals surface area contributed by atoms with Gasteiger partial charge in [-0.2, -0.15) is 0 Å². The van der Waals surface area contributed by atoms with Crippen LogP contribution < -0.4 is 9.47 Å². The number of aliphatic hydroxyl groups is 8. The van der Waals surface area contributed by atoms with E-state index in [2.05, 4.69) is 0 Å². The molecule has 5 aromatic rings. The molecule has 7 rings (SSSR count). The number of aromatic hydroxyl groups is 3. The van der Waals surface area contributed by atoms with Crippen LogP contribution in [0.5, 0.6) is 28.7 Å². The predicted octanol–water partition coefficient (Wildman–Crippen LogP) is 1.41. The van der Waals surface area contributed by atoms with E-state index in [0.29, 0.717) is 16.7 Å². The number of phenols is 3. The minimum Gasteiger partial charge on any atom is -0.508 e. The Bertz CT molecular complexity index is 2140. The van der Waals surface area contributed by atoms with Gasteiger partial charge in [0, 0.05) is 17.2 Å². The zero-order valence-corrected chi connectivity index (χ0v) is 29.3. The lowest BCUT2D eigenvalue weighted by Crippen LogP contribution is -2.60. The molecule has 1 aromatic heterocycles. The molecule has 16 heteroatoms. The number of phenolic OH excluding ortho intramolecular Hbond substituents is 3. The van der Waals surface area contributed by atoms with Crippen molar-refractivity contribution in [2.24, 2.45) is 0 Å². The molecule has 2 saturated heterocycles. The molecule has 2 aliphatic heterocycles. The van der Waals surface area contributed by atoms with Crippen molar-refractivity contribution >= 4 is 23.1 Å². The topological polar surface area (TPSA) is 273 Å². The Kier molecular flexibility index (Phi) is 11.2. The van der Waals surface area contributed by atoms with Gasteiger partial charge in [0.15, 0.2) is 0 Å². The lowest BCUT2D eigenvalue weighted by Gasteiger charge is -2.39. The molecule has 3 heterocycles. The SMILES string of the molecule is OCC1OC(Oc2ccc(-c3oc4cc(C=Cc5ccc(O)cc5)cc(OC5OC(CO)C(O)C(O)C5O)c4c3-c3cc(O)cc(O)c3)cc2)C(O)C(O)C1O. The van der Waals surface area contributed by atoms with Crippen molar-refractivity contribution in [3.8, 4) is 51.2 Å². The summed E-state index contributed by atoms with van der Waals surface area (Å²) in [6.07, 6.45) is -12.1. The van der Waals surface area contributed by atoms with Gasteiger partial charge in [-0.1, -0.05) is 24.3 Å². The summed E-state index contributed by atoms with van der Waals surface area (Å²) in [5.74, 6) is -0.0860. The third kappa shape index (κ3) is 7.75. The first-order valence-corrected chi connectivity index (χ1v) is 17.5. The Morgan fingerprint density at radius 1 is 0.536 bits per heavy atom. The molecule has 16 nitrogen and oxygen atoms in total. The zero-order valence-electron chi connectivity index (χ0n) is 29.3. The van der Waals surface area contributed by atoms with Crippen LogP contribution in [0.1, 0.15) is 11.1 Å². The van der Waals surface area contributed by atoms with Crippen LogP contribution in [-0.2, 0) is 9.47 Å². The van der Waals surface area contributed by atoms with E-state index in [1.54, 1.807) is 48.6 Å². The van der Waals surface area contributed by atoms with Gasteiger partial charge in [0.05, 0.1) is 18.6 Å². The van der Waals surface area contributed by atoms with Crippen molar-refractivity contribution in [2.75, 3.05) is 13.2 Å². The molecule has 4 aromatic carbocycles. The molecule has 56 heavy (non-hydrogen) atoms. The highest BCUT2D eigenvalue weighted by molar-refractivity contribution is 6.06. The van der Waals surface area contributed by atoms with Crippen molar-refractivity contribution in [3.63, 3.8) is 0 Å². The fraction of sp³-hybridized carbons (Fsp3) is 0.300. The van der Waals surface area contributed by atoms with E-state index in [0.717, 1.165) is 11.6 Å². The number of benzene rings is 4. The Morgan fingerprint density at radius 2 is 1.09 bits per heavy atom. The normalized spacial score (nSPS) is 28.1. The quantitative estimate of drug-likeness (QED) is 0.0895. The van der Waals surface area contributed by atoms with Gasteiger partial charge >= 0.3 is 0 Å². The Balaban J connectivity index is 1.35. The summed E-state index contributed by atoms with van der Waals surface area (Å²) < 4.78 is 29.6. The van der Waals surface area contributed by atoms with Crippen LogP contribution in [0, 0.1) is 0 Å². The van der Waals surface area contributed by atoms with Crippen molar-refractivity contribution < 1.29 is 79.5 Å². The van der Waals surface area contributed by atoms with Crippen molar-refractivity contribution in [1.29, 1.82) is 0 Å². The van der Waals surface area contributed by atoms with Gasteiger partial charge in [-0.15, -0.1) is 0 Å². The van der Waals surface area contributed by atoms with Crippen LogP contribution in [0.4, 0.5) is 0 Å². The molecule has 0 amide bonds. The van der Waals surface area contributed by atoms with Crippen LogP contribution in [0.2, 0.25) is 0 Å². The average molecular weight is 777 g/mol. The van der Waals surface area contributed by atoms with Crippen LogP contribution in [-0.4, -0.2) is 131 Å². The molecule has 2 aliphatic rings. The third-order valence-electron chi connectivity index (χ3n) is 9.64. The van der Waals surface area contributed by atoms with E-state index in [1.807, 2.05) is 0 Å². The maximum absolute atomic E-state index is 10.9. The van der Waals surface area contributed by atoms with Gasteiger partial charge in [-0.3, -0.25) is 0 Å². The lowest BCUT2D eigenvalue weighted by atomic mass is 9.96. The number of rotatable bonds is 10. The molecule has 2 fully saturated rings. The number of aliphatic hydroxyl groups excluding tert-OH is 8. The van der Waals surface area contributed by atoms with Crippen LogP contribution in [0.3, 0.4) is 0 Å². The van der Waals surface area contributed by atoms with Gasteiger partial charge in [0.1, 0.15) is 88.9 Å². The molecule has 11 N–H and O–H groups in total. The molecule has 10 atom stereocenters. The molecule has 0 saturated carbocycles. The molecule has 0 aliphatic carbocycles. The second kappa shape index (κ2) is 16.1. The van der Waals surface area contributed by atoms with Crippen LogP contribution in [0.25, 0.3) is 45.6 Å². The summed E-state index contributed by atoms with van der Waals surface area (Å²) in [7, 11) is 0. The monoisotopic (exact) mass is 776 g/mol. The second-order valence-corrected chi connectivity index (χ2v) is 13.5. The van der Waals surface area contributed by atoms with Gasteiger partial charge in [0.2, 0.25) is 12.6 Å². The molecule has 0 spiro atoms. The van der Waals surface area contributed by atoms with Gasteiger partial charge in [-0.25, -0.2) is 0 Å². The maximum Gasteiger partial charge on any atom is 0.229 e. The molecule has 296 valence electrons. The van der Waals surface area contributed by atoms with E-state index < -0.39 is 74.6 Å². The van der Waals surface area contributed by atoms with Crippen LogP contribution >= 0.6 is 0 Å². The number of furan rings is 1. The minimum absolute atomic E-state index is 0.0348. The molecular formula is C40H40O16. The summed E-state index contributed by atoms with van der Waals surface area (Å²) in [6, 6.07) is 19.8. The summed E-state index contributed by atoms with van der Waals surface area (Å²) in [5, 5.41) is 113. The Morgan fingerprint density at radius 3 is 1.66 bits per heavy atom. The number of fused-ring (bicyclic) bond motifs is 1. The van der Waals surface area contributed by atoms with Crippen molar-refractivity contribution in [2.45, 2.75) is 61.4 Å². The summed E-state index contributed by atoms with van der Waals surface area (Å²) in [6.45, 7) is -1.34. The Labute approximate surface area is 318 Å². The number of hydrogen-bond acceptors (Lipinski definition) is 16. The third-order valence-corrected chi connectivity index (χ3v) is 9.64. The summed E-state index contributed by atoms with van der Waals surface area (Å²) in [5.41, 5.74) is 2.46. The summed E-state index contributed by atoms with van der Waals surface area (Å²) >= 11 is 0. The first kappa shape index (κ1) is 39.0. The highest BCUT2D eigenvalue weighted by atomic mass is 16.7. The van der Waals surface area contributed by atoms with Gasteiger partial charge in [-0.05, 0) is 77.4 Å². The smallest absolute Gasteiger partial charge is 0.229 e. The van der Waals surface area contributed by atoms with Crippen molar-refractivity contribution in [3.05, 3.63) is 90.0 Å². The molecule has 10 unspecified atom stereocenters. The number of hydrogen-bond donors (Lipinski definition) is 11. The first-order chi connectivity index (χ1) is 26.8. The fourth-order valence-corrected chi connectivity index (χ4v) is 6.67. The molecule has 0 bridgehead atoms. The molecule has 0 radical (unpaired) electrons. The predicted molar refractivity (Wildman–Crippen MR) is 196 cm³/mol. The number of ether oxygens (including phenoxy) is 4. The first-order valence-electron chi connectivity index (χ1n) is 17.5. The highest BCUT2D eigenvalue weighted by Gasteiger charge is 2.46. The van der Waals surface area contributed by atoms with E-state index in [4.69, 9.17) is 23.4 Å². The van der Waals surface area contributed by atoms with E-state index >= 15 is 0 Å². The van der Waals surface area contributed by atoms with E-state index in [1.165, 1.54) is 36.4 Å². The average Bonchev–Trinajstić information content (AvgIpc) is 3.58. The standard InChI is InChI=1S/C40H40O16/c41-16-28-32(46)34(48)36(50)39(55-28)52-25-9-5-20(6-10-25)38-30(21-13-23(44)15-24(45)14-21)31-26(53-38)11-19(2-1-18-3-7-22(43)8-4-18)12-27(31)54-40-37(51)35(49)33(47)29(17-42)56-40/h1-15,28-29,32-37,39-51H,16-17H2. The fourth-order valence-electron chi connectivity index (χ4n) is 6.67. The van der Waals surface area contributed by atoms with E-state index in [9.17, 15) is 56.2 Å². The van der Waals surface area contributed by atoms with Crippen molar-refractivity contribution in [1.82, 2.24) is 0 Å².